The number of hydrogen-bond donors (Lipinski definition) is 0. The van der Waals surface area contributed by atoms with Crippen LogP contribution in [0.3, 0.4) is 0 Å². The van der Waals surface area contributed by atoms with Gasteiger partial charge in [-0.05, 0) is 61.1 Å². The Balaban J connectivity index is 1.54. The molecule has 0 spiro atoms. The van der Waals surface area contributed by atoms with E-state index in [1.165, 1.54) is 18.4 Å². The zero-order chi connectivity index (χ0) is 18.0. The summed E-state index contributed by atoms with van der Waals surface area (Å²) >= 11 is 0. The molecule has 2 aliphatic rings. The maximum absolute atomic E-state index is 12.9. The predicted octanol–water partition coefficient (Wildman–Crippen LogP) is 4.86. The molecule has 1 aromatic rings. The van der Waals surface area contributed by atoms with Crippen LogP contribution in [0, 0.1) is 17.3 Å². The fraction of sp³-hybridized carbons (Fsp3) is 0.682. The minimum atomic E-state index is 0.258. The molecule has 2 fully saturated rings. The van der Waals surface area contributed by atoms with Gasteiger partial charge in [-0.2, -0.15) is 0 Å². The summed E-state index contributed by atoms with van der Waals surface area (Å²) in [6.45, 7) is 8.79. The molecule has 1 heterocycles. The highest BCUT2D eigenvalue weighted by Crippen LogP contribution is 2.41. The van der Waals surface area contributed by atoms with Gasteiger partial charge in [0, 0.05) is 24.9 Å². The van der Waals surface area contributed by atoms with Crippen LogP contribution in [-0.2, 0) is 4.79 Å². The summed E-state index contributed by atoms with van der Waals surface area (Å²) in [5.74, 6) is 2.80. The normalized spacial score (nSPS) is 27.4. The van der Waals surface area contributed by atoms with E-state index in [9.17, 15) is 4.79 Å². The molecule has 1 aromatic carbocycles. The molecule has 1 aliphatic heterocycles. The van der Waals surface area contributed by atoms with Gasteiger partial charge in [-0.15, -0.1) is 0 Å². The molecule has 25 heavy (non-hydrogen) atoms. The van der Waals surface area contributed by atoms with Crippen LogP contribution >= 0.6 is 0 Å². The molecule has 1 unspecified atom stereocenters. The Hall–Kier alpha value is -1.51. The molecule has 0 aromatic heterocycles. The van der Waals surface area contributed by atoms with Crippen molar-refractivity contribution in [3.8, 4) is 5.75 Å². The Kier molecular flexibility index (Phi) is 5.41. The van der Waals surface area contributed by atoms with Gasteiger partial charge in [0.25, 0.3) is 0 Å². The monoisotopic (exact) mass is 343 g/mol. The number of carbonyl (C=O) groups excluding carboxylic acids is 1. The second-order valence-corrected chi connectivity index (χ2v) is 8.96. The van der Waals surface area contributed by atoms with Crippen LogP contribution < -0.4 is 4.74 Å². The first kappa shape index (κ1) is 18.3. The van der Waals surface area contributed by atoms with E-state index in [0.717, 1.165) is 44.0 Å². The van der Waals surface area contributed by atoms with Gasteiger partial charge in [0.2, 0.25) is 5.91 Å². The number of benzene rings is 1. The van der Waals surface area contributed by atoms with Gasteiger partial charge in [-0.1, -0.05) is 32.9 Å². The van der Waals surface area contributed by atoms with E-state index in [1.54, 1.807) is 7.11 Å². The van der Waals surface area contributed by atoms with E-state index >= 15 is 0 Å². The highest BCUT2D eigenvalue weighted by atomic mass is 16.5. The molecule has 1 aliphatic carbocycles. The highest BCUT2D eigenvalue weighted by Gasteiger charge is 2.36. The number of likely N-dealkylation sites (tertiary alicyclic amines) is 1. The number of hydrogen-bond acceptors (Lipinski definition) is 2. The molecule has 1 saturated carbocycles. The first-order valence-electron chi connectivity index (χ1n) is 9.81. The van der Waals surface area contributed by atoms with Crippen LogP contribution in [0.2, 0.25) is 0 Å². The van der Waals surface area contributed by atoms with E-state index in [4.69, 9.17) is 4.74 Å². The van der Waals surface area contributed by atoms with E-state index in [2.05, 4.69) is 37.8 Å². The smallest absolute Gasteiger partial charge is 0.225 e. The minimum absolute atomic E-state index is 0.258. The summed E-state index contributed by atoms with van der Waals surface area (Å²) in [7, 11) is 1.69. The Morgan fingerprint density at radius 1 is 1.04 bits per heavy atom. The van der Waals surface area contributed by atoms with Crippen molar-refractivity contribution in [3.05, 3.63) is 29.8 Å². The molecular formula is C22H33NO2. The SMILES string of the molecule is COc1ccc(C2CCN(C(=O)C3CCC(C(C)(C)C)CC3)C2)cc1. The van der Waals surface area contributed by atoms with Gasteiger partial charge in [-0.25, -0.2) is 0 Å². The Bertz CT molecular complexity index is 579. The van der Waals surface area contributed by atoms with Crippen LogP contribution in [0.4, 0.5) is 0 Å². The maximum Gasteiger partial charge on any atom is 0.225 e. The van der Waals surface area contributed by atoms with Crippen LogP contribution in [0.1, 0.15) is 64.4 Å². The quantitative estimate of drug-likeness (QED) is 0.784. The van der Waals surface area contributed by atoms with Crippen molar-refractivity contribution in [2.75, 3.05) is 20.2 Å². The lowest BCUT2D eigenvalue weighted by Gasteiger charge is -2.37. The van der Waals surface area contributed by atoms with Crippen molar-refractivity contribution in [3.63, 3.8) is 0 Å². The van der Waals surface area contributed by atoms with Crippen molar-refractivity contribution in [1.82, 2.24) is 4.90 Å². The number of ether oxygens (including phenoxy) is 1. The van der Waals surface area contributed by atoms with Crippen LogP contribution in [0.15, 0.2) is 24.3 Å². The summed E-state index contributed by atoms with van der Waals surface area (Å²) < 4.78 is 5.24. The van der Waals surface area contributed by atoms with Crippen molar-refractivity contribution in [1.29, 1.82) is 0 Å². The van der Waals surface area contributed by atoms with Gasteiger partial charge in [0.05, 0.1) is 7.11 Å². The lowest BCUT2D eigenvalue weighted by atomic mass is 9.69. The molecule has 3 rings (SSSR count). The highest BCUT2D eigenvalue weighted by molar-refractivity contribution is 5.79. The lowest BCUT2D eigenvalue weighted by molar-refractivity contribution is -0.136. The third-order valence-corrected chi connectivity index (χ3v) is 6.39. The average Bonchev–Trinajstić information content (AvgIpc) is 3.10. The van der Waals surface area contributed by atoms with E-state index in [0.29, 0.717) is 17.2 Å². The lowest BCUT2D eigenvalue weighted by Crippen LogP contribution is -2.37. The first-order chi connectivity index (χ1) is 11.9. The third-order valence-electron chi connectivity index (χ3n) is 6.39. The number of carbonyl (C=O) groups is 1. The van der Waals surface area contributed by atoms with Crippen LogP contribution in [0.5, 0.6) is 5.75 Å². The molecule has 1 saturated heterocycles. The predicted molar refractivity (Wildman–Crippen MR) is 102 cm³/mol. The molecule has 1 atom stereocenters. The van der Waals surface area contributed by atoms with E-state index < -0.39 is 0 Å². The van der Waals surface area contributed by atoms with Crippen molar-refractivity contribution in [2.45, 2.75) is 58.8 Å². The molecule has 0 bridgehead atoms. The number of amides is 1. The van der Waals surface area contributed by atoms with Gasteiger partial charge in [0.1, 0.15) is 5.75 Å². The van der Waals surface area contributed by atoms with Gasteiger partial charge < -0.3 is 9.64 Å². The zero-order valence-electron chi connectivity index (χ0n) is 16.3. The Labute approximate surface area is 152 Å². The number of methoxy groups -OCH3 is 1. The van der Waals surface area contributed by atoms with Gasteiger partial charge in [-0.3, -0.25) is 4.79 Å². The first-order valence-corrected chi connectivity index (χ1v) is 9.81. The van der Waals surface area contributed by atoms with Gasteiger partial charge in [0.15, 0.2) is 0 Å². The second kappa shape index (κ2) is 7.39. The number of rotatable bonds is 3. The molecule has 3 nitrogen and oxygen atoms in total. The topological polar surface area (TPSA) is 29.5 Å². The zero-order valence-corrected chi connectivity index (χ0v) is 16.3. The summed E-state index contributed by atoms with van der Waals surface area (Å²) in [5.41, 5.74) is 1.70. The maximum atomic E-state index is 12.9. The fourth-order valence-corrected chi connectivity index (χ4v) is 4.57. The van der Waals surface area contributed by atoms with Crippen molar-refractivity contribution >= 4 is 5.91 Å². The number of nitrogens with zero attached hydrogens (tertiary/aromatic N) is 1. The molecule has 0 radical (unpaired) electrons. The molecule has 3 heteroatoms. The summed E-state index contributed by atoms with van der Waals surface area (Å²) in [6.07, 6.45) is 5.63. The standard InChI is InChI=1S/C22H33NO2/c1-22(2,3)19-9-5-17(6-10-19)21(24)23-14-13-18(15-23)16-7-11-20(25-4)12-8-16/h7-8,11-12,17-19H,5-6,9-10,13-15H2,1-4H3. The molecular weight excluding hydrogens is 310 g/mol. The fourth-order valence-electron chi connectivity index (χ4n) is 4.57. The molecule has 138 valence electrons. The van der Waals surface area contributed by atoms with E-state index in [1.807, 2.05) is 12.1 Å². The summed E-state index contributed by atoms with van der Waals surface area (Å²) in [6, 6.07) is 8.33. The average molecular weight is 344 g/mol. The Morgan fingerprint density at radius 3 is 2.24 bits per heavy atom. The van der Waals surface area contributed by atoms with E-state index in [-0.39, 0.29) is 5.92 Å². The summed E-state index contributed by atoms with van der Waals surface area (Å²) in [4.78, 5) is 15.1. The van der Waals surface area contributed by atoms with Crippen molar-refractivity contribution < 1.29 is 9.53 Å². The largest absolute Gasteiger partial charge is 0.497 e. The molecule has 1 amide bonds. The van der Waals surface area contributed by atoms with Crippen molar-refractivity contribution in [2.24, 2.45) is 17.3 Å². The van der Waals surface area contributed by atoms with Gasteiger partial charge >= 0.3 is 0 Å². The third kappa shape index (κ3) is 4.19. The van der Waals surface area contributed by atoms with Crippen LogP contribution in [0.25, 0.3) is 0 Å². The Morgan fingerprint density at radius 2 is 1.68 bits per heavy atom. The summed E-state index contributed by atoms with van der Waals surface area (Å²) in [5, 5.41) is 0. The van der Waals surface area contributed by atoms with Crippen LogP contribution in [-0.4, -0.2) is 31.0 Å². The molecule has 0 N–H and O–H groups in total. The minimum Gasteiger partial charge on any atom is -0.497 e. The second-order valence-electron chi connectivity index (χ2n) is 8.96.